The molecule has 0 aliphatic heterocycles. The highest BCUT2D eigenvalue weighted by Crippen LogP contribution is 2.25. The summed E-state index contributed by atoms with van der Waals surface area (Å²) >= 11 is 0. The van der Waals surface area contributed by atoms with Crippen molar-refractivity contribution in [1.82, 2.24) is 10.2 Å². The van der Waals surface area contributed by atoms with E-state index >= 15 is 0 Å². The van der Waals surface area contributed by atoms with Gasteiger partial charge in [0.2, 0.25) is 5.91 Å². The Balaban J connectivity index is 2.17. The van der Waals surface area contributed by atoms with Gasteiger partial charge in [0.05, 0.1) is 7.11 Å². The van der Waals surface area contributed by atoms with Crippen molar-refractivity contribution in [2.24, 2.45) is 0 Å². The van der Waals surface area contributed by atoms with Crippen LogP contribution in [0.15, 0.2) is 48.5 Å². The number of nitrogens with zero attached hydrogens (tertiary/aromatic N) is 1. The minimum atomic E-state index is -0.630. The van der Waals surface area contributed by atoms with Crippen molar-refractivity contribution in [3.63, 3.8) is 0 Å². The van der Waals surface area contributed by atoms with E-state index in [1.165, 1.54) is 0 Å². The lowest BCUT2D eigenvalue weighted by Gasteiger charge is -2.29. The van der Waals surface area contributed by atoms with E-state index in [0.717, 1.165) is 17.5 Å². The van der Waals surface area contributed by atoms with E-state index < -0.39 is 6.04 Å². The molecule has 2 aromatic carbocycles. The van der Waals surface area contributed by atoms with Crippen molar-refractivity contribution in [2.75, 3.05) is 13.7 Å². The van der Waals surface area contributed by atoms with Crippen LogP contribution in [0, 0.1) is 6.92 Å². The normalized spacial score (nSPS) is 12.6. The second kappa shape index (κ2) is 11.2. The molecule has 0 aliphatic rings. The molecule has 162 valence electrons. The molecule has 0 bridgehead atoms. The summed E-state index contributed by atoms with van der Waals surface area (Å²) in [4.78, 5) is 27.3. The number of benzene rings is 2. The number of para-hydroxylation sites is 2. The Bertz CT molecular complexity index is 835. The maximum Gasteiger partial charge on any atom is 0.261 e. The van der Waals surface area contributed by atoms with Crippen LogP contribution in [0.1, 0.15) is 38.3 Å². The van der Waals surface area contributed by atoms with Crippen LogP contribution in [0.2, 0.25) is 0 Å². The van der Waals surface area contributed by atoms with E-state index in [4.69, 9.17) is 9.47 Å². The van der Waals surface area contributed by atoms with Gasteiger partial charge in [-0.25, -0.2) is 0 Å². The molecule has 0 aromatic heterocycles. The van der Waals surface area contributed by atoms with Gasteiger partial charge in [-0.05, 0) is 44.9 Å². The first-order valence-corrected chi connectivity index (χ1v) is 10.3. The Morgan fingerprint density at radius 2 is 1.67 bits per heavy atom. The summed E-state index contributed by atoms with van der Waals surface area (Å²) in [5, 5.41) is 2.96. The summed E-state index contributed by atoms with van der Waals surface area (Å²) in [5.74, 6) is 0.591. The standard InChI is InChI=1S/C24H32N2O4/c1-6-18(3)25-24(28)19(4)26(15-20-13-11-17(2)12-14-20)23(27)16-30-22-10-8-7-9-21(22)29-5/h7-14,18-19H,6,15-16H2,1-5H3,(H,25,28). The van der Waals surface area contributed by atoms with Gasteiger partial charge in [-0.1, -0.05) is 48.9 Å². The molecule has 0 aliphatic carbocycles. The molecule has 0 fully saturated rings. The number of carbonyl (C=O) groups excluding carboxylic acids is 2. The molecule has 30 heavy (non-hydrogen) atoms. The lowest BCUT2D eigenvalue weighted by atomic mass is 10.1. The van der Waals surface area contributed by atoms with E-state index in [1.54, 1.807) is 31.1 Å². The average molecular weight is 413 g/mol. The van der Waals surface area contributed by atoms with Crippen LogP contribution in [0.25, 0.3) is 0 Å². The second-order valence-electron chi connectivity index (χ2n) is 7.44. The highest BCUT2D eigenvalue weighted by atomic mass is 16.5. The van der Waals surface area contributed by atoms with E-state index in [2.05, 4.69) is 5.32 Å². The maximum absolute atomic E-state index is 13.1. The average Bonchev–Trinajstić information content (AvgIpc) is 2.76. The Morgan fingerprint density at radius 1 is 1.03 bits per heavy atom. The molecule has 2 rings (SSSR count). The minimum absolute atomic E-state index is 0.0427. The van der Waals surface area contributed by atoms with Crippen molar-refractivity contribution in [2.45, 2.75) is 52.7 Å². The van der Waals surface area contributed by atoms with Crippen LogP contribution in [0.4, 0.5) is 0 Å². The van der Waals surface area contributed by atoms with Crippen molar-refractivity contribution in [1.29, 1.82) is 0 Å². The van der Waals surface area contributed by atoms with Gasteiger partial charge in [-0.15, -0.1) is 0 Å². The third-order valence-corrected chi connectivity index (χ3v) is 5.06. The molecule has 0 heterocycles. The number of rotatable bonds is 10. The third kappa shape index (κ3) is 6.51. The Morgan fingerprint density at radius 3 is 2.27 bits per heavy atom. The maximum atomic E-state index is 13.1. The topological polar surface area (TPSA) is 67.9 Å². The number of hydrogen-bond acceptors (Lipinski definition) is 4. The molecule has 2 unspecified atom stereocenters. The van der Waals surface area contributed by atoms with Crippen LogP contribution in [0.5, 0.6) is 11.5 Å². The van der Waals surface area contributed by atoms with Gasteiger partial charge in [0.25, 0.3) is 5.91 Å². The Hall–Kier alpha value is -3.02. The Kier molecular flexibility index (Phi) is 8.71. The van der Waals surface area contributed by atoms with Gasteiger partial charge < -0.3 is 19.7 Å². The molecule has 1 N–H and O–H groups in total. The van der Waals surface area contributed by atoms with Crippen LogP contribution in [0.3, 0.4) is 0 Å². The van der Waals surface area contributed by atoms with Crippen molar-refractivity contribution >= 4 is 11.8 Å². The number of ether oxygens (including phenoxy) is 2. The number of aryl methyl sites for hydroxylation is 1. The molecular formula is C24H32N2O4. The monoisotopic (exact) mass is 412 g/mol. The van der Waals surface area contributed by atoms with Crippen LogP contribution < -0.4 is 14.8 Å². The predicted molar refractivity (Wildman–Crippen MR) is 118 cm³/mol. The van der Waals surface area contributed by atoms with Gasteiger partial charge in [0.15, 0.2) is 18.1 Å². The number of methoxy groups -OCH3 is 1. The number of amides is 2. The quantitative estimate of drug-likeness (QED) is 0.646. The SMILES string of the molecule is CCC(C)NC(=O)C(C)N(Cc1ccc(C)cc1)C(=O)COc1ccccc1OC. The number of carbonyl (C=O) groups is 2. The number of hydrogen-bond donors (Lipinski definition) is 1. The molecule has 2 amide bonds. The zero-order valence-corrected chi connectivity index (χ0v) is 18.5. The fourth-order valence-electron chi connectivity index (χ4n) is 2.90. The predicted octanol–water partition coefficient (Wildman–Crippen LogP) is 3.71. The van der Waals surface area contributed by atoms with Crippen LogP contribution in [-0.2, 0) is 16.1 Å². The molecule has 0 saturated heterocycles. The molecule has 0 radical (unpaired) electrons. The molecule has 2 atom stereocenters. The Labute approximate surface area is 179 Å². The van der Waals surface area contributed by atoms with E-state index in [1.807, 2.05) is 57.2 Å². The summed E-state index contributed by atoms with van der Waals surface area (Å²) in [6.07, 6.45) is 0.821. The fraction of sp³-hybridized carbons (Fsp3) is 0.417. The molecule has 0 spiro atoms. The van der Waals surface area contributed by atoms with Gasteiger partial charge in [0.1, 0.15) is 6.04 Å². The largest absolute Gasteiger partial charge is 0.493 e. The zero-order chi connectivity index (χ0) is 22.1. The third-order valence-electron chi connectivity index (χ3n) is 5.06. The first-order chi connectivity index (χ1) is 14.3. The van der Waals surface area contributed by atoms with Crippen LogP contribution >= 0.6 is 0 Å². The smallest absolute Gasteiger partial charge is 0.261 e. The van der Waals surface area contributed by atoms with Gasteiger partial charge in [-0.3, -0.25) is 9.59 Å². The summed E-state index contributed by atoms with van der Waals surface area (Å²) in [7, 11) is 1.55. The van der Waals surface area contributed by atoms with E-state index in [-0.39, 0.29) is 24.5 Å². The van der Waals surface area contributed by atoms with Gasteiger partial charge >= 0.3 is 0 Å². The number of nitrogens with one attached hydrogen (secondary N) is 1. The minimum Gasteiger partial charge on any atom is -0.493 e. The summed E-state index contributed by atoms with van der Waals surface area (Å²) < 4.78 is 11.0. The van der Waals surface area contributed by atoms with Crippen molar-refractivity contribution in [3.8, 4) is 11.5 Å². The van der Waals surface area contributed by atoms with Crippen LogP contribution in [-0.4, -0.2) is 42.5 Å². The van der Waals surface area contributed by atoms with Gasteiger partial charge in [0, 0.05) is 12.6 Å². The molecule has 6 nitrogen and oxygen atoms in total. The first-order valence-electron chi connectivity index (χ1n) is 10.3. The highest BCUT2D eigenvalue weighted by molar-refractivity contribution is 5.88. The molecule has 2 aromatic rings. The summed E-state index contributed by atoms with van der Waals surface area (Å²) in [6.45, 7) is 7.84. The van der Waals surface area contributed by atoms with E-state index in [0.29, 0.717) is 18.0 Å². The van der Waals surface area contributed by atoms with Crippen molar-refractivity contribution < 1.29 is 19.1 Å². The van der Waals surface area contributed by atoms with E-state index in [9.17, 15) is 9.59 Å². The molecule has 6 heteroatoms. The lowest BCUT2D eigenvalue weighted by molar-refractivity contribution is -0.142. The lowest BCUT2D eigenvalue weighted by Crippen LogP contribution is -2.50. The second-order valence-corrected chi connectivity index (χ2v) is 7.44. The highest BCUT2D eigenvalue weighted by Gasteiger charge is 2.27. The van der Waals surface area contributed by atoms with Crippen molar-refractivity contribution in [3.05, 3.63) is 59.7 Å². The molecular weight excluding hydrogens is 380 g/mol. The fourth-order valence-corrected chi connectivity index (χ4v) is 2.90. The summed E-state index contributed by atoms with van der Waals surface area (Å²) in [6, 6.07) is 14.5. The van der Waals surface area contributed by atoms with Gasteiger partial charge in [-0.2, -0.15) is 0 Å². The molecule has 0 saturated carbocycles. The zero-order valence-electron chi connectivity index (χ0n) is 18.5. The summed E-state index contributed by atoms with van der Waals surface area (Å²) in [5.41, 5.74) is 2.09. The first kappa shape index (κ1) is 23.3.